The zero-order valence-corrected chi connectivity index (χ0v) is 21.9. The maximum absolute atomic E-state index is 14.4. The Labute approximate surface area is 228 Å². The molecule has 2 amide bonds. The molecule has 1 fully saturated rings. The highest BCUT2D eigenvalue weighted by molar-refractivity contribution is 6.53. The van der Waals surface area contributed by atoms with Crippen LogP contribution in [0.5, 0.6) is 0 Å². The van der Waals surface area contributed by atoms with Crippen LogP contribution < -0.4 is 10.6 Å². The van der Waals surface area contributed by atoms with Gasteiger partial charge in [-0.05, 0) is 42.8 Å². The molecule has 14 heteroatoms. The first kappa shape index (κ1) is 28.7. The number of ether oxygens (including phenoxy) is 1. The zero-order valence-electron chi connectivity index (χ0n) is 18.1. The van der Waals surface area contributed by atoms with Crippen LogP contribution in [0.2, 0.25) is 15.1 Å². The van der Waals surface area contributed by atoms with Crippen molar-refractivity contribution in [2.45, 2.75) is 23.1 Å². The Bertz CT molecular complexity index is 1210. The van der Waals surface area contributed by atoms with Gasteiger partial charge >= 0.3 is 11.9 Å². The predicted octanol–water partition coefficient (Wildman–Crippen LogP) is 6.24. The van der Waals surface area contributed by atoms with E-state index in [1.165, 1.54) is 13.0 Å². The Kier molecular flexibility index (Phi) is 8.62. The Morgan fingerprint density at radius 3 is 2.25 bits per heavy atom. The molecule has 1 aliphatic carbocycles. The lowest BCUT2D eigenvalue weighted by Crippen LogP contribution is -2.43. The highest BCUT2D eigenvalue weighted by atomic mass is 35.5. The molecule has 0 aliphatic heterocycles. The summed E-state index contributed by atoms with van der Waals surface area (Å²) in [6.45, 7) is -0.382. The van der Waals surface area contributed by atoms with Gasteiger partial charge < -0.3 is 15.4 Å². The van der Waals surface area contributed by atoms with E-state index in [0.29, 0.717) is 15.6 Å². The summed E-state index contributed by atoms with van der Waals surface area (Å²) >= 11 is 30.4. The summed E-state index contributed by atoms with van der Waals surface area (Å²) in [6.07, 6.45) is 0. The standard InChI is InChI=1S/C22H16Cl5F3N2O4/c1-2-36-20(35)21(29,30)8-31-18(33)13-6-12(7-14(28)17(13)25)32-19(34)16-15(22(16,26)27)9-3-10(23)5-11(24)4-9/h3-7,15-16H,2,8H2,1H3,(H,31,33)(H,32,34)/t15-,16+/m0/s1. The molecular formula is C22H16Cl5F3N2O4. The fourth-order valence-corrected chi connectivity index (χ4v) is 5.03. The lowest BCUT2D eigenvalue weighted by atomic mass is 10.1. The number of benzene rings is 2. The van der Waals surface area contributed by atoms with Crippen LogP contribution in [0.1, 0.15) is 28.8 Å². The molecule has 2 N–H and O–H groups in total. The van der Waals surface area contributed by atoms with Gasteiger partial charge in [-0.1, -0.05) is 34.8 Å². The summed E-state index contributed by atoms with van der Waals surface area (Å²) in [5, 5.41) is 4.09. The maximum atomic E-state index is 14.4. The first-order chi connectivity index (χ1) is 16.7. The number of carbonyl (C=O) groups is 3. The van der Waals surface area contributed by atoms with Gasteiger partial charge in [-0.25, -0.2) is 9.18 Å². The smallest absolute Gasteiger partial charge is 0.378 e. The molecule has 6 nitrogen and oxygen atoms in total. The maximum Gasteiger partial charge on any atom is 0.378 e. The summed E-state index contributed by atoms with van der Waals surface area (Å²) in [4.78, 5) is 36.6. The second-order valence-electron chi connectivity index (χ2n) is 7.75. The highest BCUT2D eigenvalue weighted by Crippen LogP contribution is 2.65. The quantitative estimate of drug-likeness (QED) is 0.275. The predicted molar refractivity (Wildman–Crippen MR) is 131 cm³/mol. The number of anilines is 1. The number of esters is 1. The molecule has 36 heavy (non-hydrogen) atoms. The first-order valence-corrected chi connectivity index (χ1v) is 12.0. The van der Waals surface area contributed by atoms with Crippen LogP contribution in [0.4, 0.5) is 18.9 Å². The third kappa shape index (κ3) is 6.14. The van der Waals surface area contributed by atoms with Gasteiger partial charge in [0.25, 0.3) is 5.91 Å². The molecule has 0 heterocycles. The average molecular weight is 607 g/mol. The molecule has 0 spiro atoms. The molecule has 0 bridgehead atoms. The van der Waals surface area contributed by atoms with Crippen molar-refractivity contribution < 1.29 is 32.3 Å². The molecule has 0 unspecified atom stereocenters. The molecule has 2 atom stereocenters. The monoisotopic (exact) mass is 604 g/mol. The van der Waals surface area contributed by atoms with E-state index < -0.39 is 62.8 Å². The van der Waals surface area contributed by atoms with E-state index in [2.05, 4.69) is 10.1 Å². The van der Waals surface area contributed by atoms with Crippen LogP contribution in [0, 0.1) is 11.7 Å². The van der Waals surface area contributed by atoms with Gasteiger partial charge in [0, 0.05) is 21.7 Å². The molecule has 194 valence electrons. The van der Waals surface area contributed by atoms with Crippen molar-refractivity contribution in [3.05, 3.63) is 62.3 Å². The van der Waals surface area contributed by atoms with Crippen molar-refractivity contribution in [3.8, 4) is 0 Å². The summed E-state index contributed by atoms with van der Waals surface area (Å²) in [5.41, 5.74) is -0.283. The summed E-state index contributed by atoms with van der Waals surface area (Å²) < 4.78 is 44.7. The van der Waals surface area contributed by atoms with Crippen molar-refractivity contribution in [1.82, 2.24) is 5.32 Å². The fourth-order valence-electron chi connectivity index (χ4n) is 3.46. The van der Waals surface area contributed by atoms with E-state index in [9.17, 15) is 27.6 Å². The van der Waals surface area contributed by atoms with Crippen LogP contribution in [0.3, 0.4) is 0 Å². The van der Waals surface area contributed by atoms with Crippen LogP contribution in [0.25, 0.3) is 0 Å². The average Bonchev–Trinajstić information content (AvgIpc) is 3.36. The first-order valence-electron chi connectivity index (χ1n) is 10.2. The molecular weight excluding hydrogens is 591 g/mol. The summed E-state index contributed by atoms with van der Waals surface area (Å²) in [6, 6.07) is 6.36. The molecule has 1 saturated carbocycles. The minimum atomic E-state index is -4.03. The van der Waals surface area contributed by atoms with Crippen LogP contribution >= 0.6 is 58.0 Å². The van der Waals surface area contributed by atoms with E-state index >= 15 is 0 Å². The Morgan fingerprint density at radius 2 is 1.67 bits per heavy atom. The normalized spacial score (nSPS) is 18.4. The van der Waals surface area contributed by atoms with Gasteiger partial charge in [0.05, 0.1) is 29.7 Å². The van der Waals surface area contributed by atoms with Gasteiger partial charge in [-0.2, -0.15) is 8.78 Å². The van der Waals surface area contributed by atoms with Gasteiger partial charge in [0.2, 0.25) is 5.91 Å². The van der Waals surface area contributed by atoms with Crippen molar-refractivity contribution in [3.63, 3.8) is 0 Å². The Hall–Kier alpha value is -1.91. The molecule has 3 rings (SSSR count). The molecule has 0 aromatic heterocycles. The number of alkyl halides is 4. The minimum Gasteiger partial charge on any atom is -0.462 e. The zero-order chi connectivity index (χ0) is 27.0. The molecule has 2 aromatic rings. The van der Waals surface area contributed by atoms with Crippen molar-refractivity contribution >= 4 is 81.5 Å². The van der Waals surface area contributed by atoms with E-state index in [1.807, 2.05) is 0 Å². The number of carbonyl (C=O) groups excluding carboxylic acids is 3. The van der Waals surface area contributed by atoms with Gasteiger partial charge in [-0.3, -0.25) is 9.59 Å². The largest absolute Gasteiger partial charge is 0.462 e. The minimum absolute atomic E-state index is 0.219. The second kappa shape index (κ2) is 10.8. The highest BCUT2D eigenvalue weighted by Gasteiger charge is 2.67. The van der Waals surface area contributed by atoms with Crippen molar-refractivity contribution in [2.75, 3.05) is 18.5 Å². The van der Waals surface area contributed by atoms with Crippen LogP contribution in [-0.2, 0) is 14.3 Å². The lowest BCUT2D eigenvalue weighted by Gasteiger charge is -2.16. The van der Waals surface area contributed by atoms with E-state index in [-0.39, 0.29) is 12.3 Å². The van der Waals surface area contributed by atoms with E-state index in [0.717, 1.165) is 12.1 Å². The Balaban J connectivity index is 1.76. The third-order valence-corrected chi connectivity index (χ3v) is 6.93. The van der Waals surface area contributed by atoms with Crippen molar-refractivity contribution in [2.24, 2.45) is 5.92 Å². The number of hydrogen-bond donors (Lipinski definition) is 2. The topological polar surface area (TPSA) is 84.5 Å². The fraction of sp³-hybridized carbons (Fsp3) is 0.318. The number of halogens is 8. The molecule has 0 saturated heterocycles. The van der Waals surface area contributed by atoms with E-state index in [4.69, 9.17) is 58.0 Å². The van der Waals surface area contributed by atoms with Crippen LogP contribution in [-0.4, -0.2) is 41.2 Å². The molecule has 0 radical (unpaired) electrons. The molecule has 1 aliphatic rings. The SMILES string of the molecule is CCOC(=O)C(F)(F)CNC(=O)c1cc(NC(=O)[C@H]2[C@H](c3cc(Cl)cc(Cl)c3)C2(Cl)Cl)cc(F)c1Cl. The molecule has 2 aromatic carbocycles. The van der Waals surface area contributed by atoms with Gasteiger partial charge in [-0.15, -0.1) is 23.2 Å². The summed E-state index contributed by atoms with van der Waals surface area (Å²) in [5.74, 6) is -10.6. The second-order valence-corrected chi connectivity index (χ2v) is 10.4. The van der Waals surface area contributed by atoms with E-state index in [1.54, 1.807) is 17.4 Å². The van der Waals surface area contributed by atoms with Crippen LogP contribution in [0.15, 0.2) is 30.3 Å². The Morgan fingerprint density at radius 1 is 1.06 bits per heavy atom. The number of rotatable bonds is 8. The number of hydrogen-bond acceptors (Lipinski definition) is 4. The summed E-state index contributed by atoms with van der Waals surface area (Å²) in [7, 11) is 0. The number of nitrogens with one attached hydrogen (secondary N) is 2. The van der Waals surface area contributed by atoms with Gasteiger partial charge in [0.1, 0.15) is 10.2 Å². The number of amides is 2. The van der Waals surface area contributed by atoms with Gasteiger partial charge in [0.15, 0.2) is 0 Å². The van der Waals surface area contributed by atoms with Crippen molar-refractivity contribution in [1.29, 1.82) is 0 Å². The third-order valence-electron chi connectivity index (χ3n) is 5.17. The lowest BCUT2D eigenvalue weighted by molar-refractivity contribution is -0.170.